The average molecular weight is 392 g/mol. The maximum Gasteiger partial charge on any atom is 0.323 e. The predicted molar refractivity (Wildman–Crippen MR) is 114 cm³/mol. The summed E-state index contributed by atoms with van der Waals surface area (Å²) in [4.78, 5) is 28.7. The van der Waals surface area contributed by atoms with Crippen molar-refractivity contribution in [1.82, 2.24) is 10.3 Å². The standard InChI is InChI=1S/C22H24N4O3/c1-2-17(14-27)24-20(28)13-15-8-10-18(11-9-15)25-22(29)26-19-7-3-5-16-6-4-12-23-21(16)19/h3-12,17,27H,2,13-14H2,1H3,(H,24,28)(H2,25,26,29)/t17-/m1/s1. The lowest BCUT2D eigenvalue weighted by molar-refractivity contribution is -0.121. The van der Waals surface area contributed by atoms with Crippen LogP contribution in [-0.2, 0) is 11.2 Å². The minimum absolute atomic E-state index is 0.0770. The van der Waals surface area contributed by atoms with Crippen LogP contribution in [0.4, 0.5) is 16.2 Å². The molecule has 3 amide bonds. The highest BCUT2D eigenvalue weighted by atomic mass is 16.3. The van der Waals surface area contributed by atoms with Gasteiger partial charge in [-0.2, -0.15) is 0 Å². The molecular formula is C22H24N4O3. The molecule has 29 heavy (non-hydrogen) atoms. The first-order chi connectivity index (χ1) is 14.1. The Hall–Kier alpha value is -3.45. The van der Waals surface area contributed by atoms with Crippen LogP contribution < -0.4 is 16.0 Å². The number of fused-ring (bicyclic) bond motifs is 1. The summed E-state index contributed by atoms with van der Waals surface area (Å²) in [7, 11) is 0. The summed E-state index contributed by atoms with van der Waals surface area (Å²) < 4.78 is 0. The quantitative estimate of drug-likeness (QED) is 0.495. The second-order valence-corrected chi connectivity index (χ2v) is 6.69. The average Bonchev–Trinajstić information content (AvgIpc) is 2.73. The fourth-order valence-electron chi connectivity index (χ4n) is 2.94. The minimum atomic E-state index is -0.373. The Balaban J connectivity index is 1.58. The molecule has 2 aromatic carbocycles. The Morgan fingerprint density at radius 1 is 1.03 bits per heavy atom. The number of hydrogen-bond acceptors (Lipinski definition) is 4. The second-order valence-electron chi connectivity index (χ2n) is 6.69. The maximum atomic E-state index is 12.3. The van der Waals surface area contributed by atoms with E-state index in [9.17, 15) is 9.59 Å². The van der Waals surface area contributed by atoms with E-state index in [1.54, 1.807) is 36.5 Å². The number of para-hydroxylation sites is 1. The number of nitrogens with zero attached hydrogens (tertiary/aromatic N) is 1. The number of benzene rings is 2. The summed E-state index contributed by atoms with van der Waals surface area (Å²) in [5.41, 5.74) is 2.78. The van der Waals surface area contributed by atoms with Gasteiger partial charge in [0.2, 0.25) is 5.91 Å². The van der Waals surface area contributed by atoms with Crippen LogP contribution in [0, 0.1) is 0 Å². The van der Waals surface area contributed by atoms with E-state index in [-0.39, 0.29) is 31.0 Å². The Morgan fingerprint density at radius 3 is 2.52 bits per heavy atom. The van der Waals surface area contributed by atoms with Gasteiger partial charge in [0, 0.05) is 17.3 Å². The zero-order valence-corrected chi connectivity index (χ0v) is 16.2. The van der Waals surface area contributed by atoms with Crippen LogP contribution in [-0.4, -0.2) is 34.7 Å². The highest BCUT2D eigenvalue weighted by molar-refractivity contribution is 6.05. The molecule has 0 saturated carbocycles. The van der Waals surface area contributed by atoms with Gasteiger partial charge in [0.1, 0.15) is 0 Å². The Morgan fingerprint density at radius 2 is 1.79 bits per heavy atom. The summed E-state index contributed by atoms with van der Waals surface area (Å²) in [6.07, 6.45) is 2.57. The zero-order valence-electron chi connectivity index (χ0n) is 16.2. The van der Waals surface area contributed by atoms with E-state index in [0.29, 0.717) is 17.8 Å². The zero-order chi connectivity index (χ0) is 20.6. The maximum absolute atomic E-state index is 12.3. The van der Waals surface area contributed by atoms with Crippen LogP contribution in [0.2, 0.25) is 0 Å². The highest BCUT2D eigenvalue weighted by Crippen LogP contribution is 2.21. The van der Waals surface area contributed by atoms with Gasteiger partial charge < -0.3 is 21.1 Å². The van der Waals surface area contributed by atoms with E-state index in [2.05, 4.69) is 20.9 Å². The number of nitrogens with one attached hydrogen (secondary N) is 3. The van der Waals surface area contributed by atoms with Crippen molar-refractivity contribution in [1.29, 1.82) is 0 Å². The van der Waals surface area contributed by atoms with E-state index in [1.165, 1.54) is 0 Å². The van der Waals surface area contributed by atoms with E-state index in [0.717, 1.165) is 16.5 Å². The molecule has 0 radical (unpaired) electrons. The number of aromatic nitrogens is 1. The number of hydrogen-bond donors (Lipinski definition) is 4. The van der Waals surface area contributed by atoms with Gasteiger partial charge in [0.05, 0.1) is 30.3 Å². The Bertz CT molecular complexity index is 980. The predicted octanol–water partition coefficient (Wildman–Crippen LogP) is 3.31. The third-order valence-corrected chi connectivity index (χ3v) is 4.54. The first-order valence-electron chi connectivity index (χ1n) is 9.50. The molecule has 0 saturated heterocycles. The van der Waals surface area contributed by atoms with Gasteiger partial charge in [0.15, 0.2) is 0 Å². The fourth-order valence-corrected chi connectivity index (χ4v) is 2.94. The van der Waals surface area contributed by atoms with Crippen molar-refractivity contribution in [2.24, 2.45) is 0 Å². The molecule has 3 rings (SSSR count). The molecule has 150 valence electrons. The number of aliphatic hydroxyl groups excluding tert-OH is 1. The summed E-state index contributed by atoms with van der Waals surface area (Å²) >= 11 is 0. The van der Waals surface area contributed by atoms with Crippen LogP contribution in [0.3, 0.4) is 0 Å². The number of amides is 3. The molecule has 0 spiro atoms. The van der Waals surface area contributed by atoms with Gasteiger partial charge in [-0.15, -0.1) is 0 Å². The molecule has 0 aliphatic heterocycles. The number of carbonyl (C=O) groups excluding carboxylic acids is 2. The first-order valence-corrected chi connectivity index (χ1v) is 9.50. The van der Waals surface area contributed by atoms with Crippen molar-refractivity contribution in [2.75, 3.05) is 17.2 Å². The van der Waals surface area contributed by atoms with Crippen molar-refractivity contribution < 1.29 is 14.7 Å². The molecule has 0 aliphatic rings. The number of urea groups is 1. The smallest absolute Gasteiger partial charge is 0.323 e. The largest absolute Gasteiger partial charge is 0.394 e. The lowest BCUT2D eigenvalue weighted by Crippen LogP contribution is -2.37. The SMILES string of the molecule is CC[C@H](CO)NC(=O)Cc1ccc(NC(=O)Nc2cccc3cccnc23)cc1. The number of aliphatic hydroxyl groups is 1. The van der Waals surface area contributed by atoms with Crippen LogP contribution >= 0.6 is 0 Å². The van der Waals surface area contributed by atoms with E-state index in [4.69, 9.17) is 5.11 Å². The normalized spacial score (nSPS) is 11.7. The minimum Gasteiger partial charge on any atom is -0.394 e. The van der Waals surface area contributed by atoms with Crippen LogP contribution in [0.1, 0.15) is 18.9 Å². The summed E-state index contributed by atoms with van der Waals surface area (Å²) in [6, 6.07) is 15.8. The van der Waals surface area contributed by atoms with Crippen molar-refractivity contribution in [3.8, 4) is 0 Å². The molecule has 0 unspecified atom stereocenters. The molecule has 0 bridgehead atoms. The van der Waals surface area contributed by atoms with Crippen molar-refractivity contribution in [3.05, 3.63) is 66.4 Å². The van der Waals surface area contributed by atoms with E-state index >= 15 is 0 Å². The highest BCUT2D eigenvalue weighted by Gasteiger charge is 2.10. The summed E-state index contributed by atoms with van der Waals surface area (Å²) in [6.45, 7) is 1.83. The lowest BCUT2D eigenvalue weighted by atomic mass is 10.1. The van der Waals surface area contributed by atoms with Crippen molar-refractivity contribution in [3.63, 3.8) is 0 Å². The molecular weight excluding hydrogens is 368 g/mol. The molecule has 4 N–H and O–H groups in total. The van der Waals surface area contributed by atoms with Gasteiger partial charge in [-0.3, -0.25) is 9.78 Å². The third-order valence-electron chi connectivity index (χ3n) is 4.54. The summed E-state index contributed by atoms with van der Waals surface area (Å²) in [5, 5.41) is 18.5. The van der Waals surface area contributed by atoms with Gasteiger partial charge in [-0.05, 0) is 36.2 Å². The van der Waals surface area contributed by atoms with Crippen LogP contribution in [0.15, 0.2) is 60.8 Å². The molecule has 7 nitrogen and oxygen atoms in total. The number of rotatable bonds is 7. The molecule has 3 aromatic rings. The topological polar surface area (TPSA) is 103 Å². The number of anilines is 2. The third kappa shape index (κ3) is 5.52. The Kier molecular flexibility index (Phi) is 6.76. The molecule has 0 fully saturated rings. The monoisotopic (exact) mass is 392 g/mol. The lowest BCUT2D eigenvalue weighted by Gasteiger charge is -2.14. The van der Waals surface area contributed by atoms with Crippen LogP contribution in [0.25, 0.3) is 10.9 Å². The van der Waals surface area contributed by atoms with E-state index < -0.39 is 0 Å². The summed E-state index contributed by atoms with van der Waals surface area (Å²) in [5.74, 6) is -0.146. The number of carbonyl (C=O) groups is 2. The molecule has 1 aromatic heterocycles. The molecule has 1 atom stereocenters. The molecule has 7 heteroatoms. The fraction of sp³-hybridized carbons (Fsp3) is 0.227. The van der Waals surface area contributed by atoms with Gasteiger partial charge in [-0.25, -0.2) is 4.79 Å². The molecule has 1 heterocycles. The van der Waals surface area contributed by atoms with E-state index in [1.807, 2.05) is 31.2 Å². The van der Waals surface area contributed by atoms with Gasteiger partial charge in [-0.1, -0.05) is 37.3 Å². The van der Waals surface area contributed by atoms with Crippen molar-refractivity contribution in [2.45, 2.75) is 25.8 Å². The second kappa shape index (κ2) is 9.66. The number of pyridine rings is 1. The Labute approximate surface area is 169 Å². The van der Waals surface area contributed by atoms with Crippen molar-refractivity contribution >= 4 is 34.2 Å². The van der Waals surface area contributed by atoms with Crippen LogP contribution in [0.5, 0.6) is 0 Å². The molecule has 0 aliphatic carbocycles. The van der Waals surface area contributed by atoms with Gasteiger partial charge in [0.25, 0.3) is 0 Å². The van der Waals surface area contributed by atoms with Gasteiger partial charge >= 0.3 is 6.03 Å². The first kappa shape index (κ1) is 20.3.